The first-order valence-electron chi connectivity index (χ1n) is 8.86. The van der Waals surface area contributed by atoms with Crippen molar-refractivity contribution in [3.8, 4) is 0 Å². The van der Waals surface area contributed by atoms with E-state index >= 15 is 0 Å². The Morgan fingerprint density at radius 2 is 1.81 bits per heavy atom. The fourth-order valence-corrected chi connectivity index (χ4v) is 2.74. The highest BCUT2D eigenvalue weighted by atomic mass is 16.2. The molecule has 2 heterocycles. The molecule has 2 N–H and O–H groups in total. The Labute approximate surface area is 158 Å². The number of aryl methyl sites for hydroxylation is 1. The molecule has 2 amide bonds. The lowest BCUT2D eigenvalue weighted by Crippen LogP contribution is -2.35. The molecule has 0 aliphatic heterocycles. The normalized spacial score (nSPS) is 11.8. The predicted octanol–water partition coefficient (Wildman–Crippen LogP) is 2.73. The van der Waals surface area contributed by atoms with Crippen molar-refractivity contribution in [2.75, 3.05) is 13.1 Å². The van der Waals surface area contributed by atoms with Gasteiger partial charge in [0.2, 0.25) is 0 Å². The zero-order valence-electron chi connectivity index (χ0n) is 15.4. The number of hydrogen-bond donors (Lipinski definition) is 2. The largest absolute Gasteiger partial charge is 0.352 e. The van der Waals surface area contributed by atoms with Gasteiger partial charge in [-0.2, -0.15) is 0 Å². The number of pyridine rings is 2. The highest BCUT2D eigenvalue weighted by molar-refractivity contribution is 5.97. The Kier molecular flexibility index (Phi) is 5.76. The molecule has 0 saturated carbocycles. The van der Waals surface area contributed by atoms with Crippen LogP contribution in [0.2, 0.25) is 0 Å². The molecule has 6 nitrogen and oxygen atoms in total. The van der Waals surface area contributed by atoms with Gasteiger partial charge in [-0.05, 0) is 42.7 Å². The number of aromatic nitrogens is 2. The van der Waals surface area contributed by atoms with Crippen LogP contribution in [-0.4, -0.2) is 34.9 Å². The number of benzene rings is 1. The van der Waals surface area contributed by atoms with Crippen LogP contribution in [0.25, 0.3) is 10.9 Å². The number of nitrogens with zero attached hydrogens (tertiary/aromatic N) is 2. The molecular formula is C21H22N4O2. The summed E-state index contributed by atoms with van der Waals surface area (Å²) in [5.41, 5.74) is 2.81. The van der Waals surface area contributed by atoms with Crippen molar-refractivity contribution in [3.63, 3.8) is 0 Å². The molecular weight excluding hydrogens is 340 g/mol. The average molecular weight is 362 g/mol. The van der Waals surface area contributed by atoms with E-state index in [1.807, 2.05) is 32.0 Å². The predicted molar refractivity (Wildman–Crippen MR) is 105 cm³/mol. The van der Waals surface area contributed by atoms with Gasteiger partial charge in [0, 0.05) is 48.2 Å². The lowest BCUT2D eigenvalue weighted by Gasteiger charge is -2.14. The Bertz CT molecular complexity index is 971. The molecule has 0 aliphatic rings. The van der Waals surface area contributed by atoms with E-state index in [-0.39, 0.29) is 17.7 Å². The monoisotopic (exact) mass is 362 g/mol. The topological polar surface area (TPSA) is 84.0 Å². The van der Waals surface area contributed by atoms with Crippen molar-refractivity contribution in [1.29, 1.82) is 0 Å². The maximum Gasteiger partial charge on any atom is 0.251 e. The second kappa shape index (κ2) is 8.40. The molecule has 3 aromatic rings. The average Bonchev–Trinajstić information content (AvgIpc) is 2.70. The van der Waals surface area contributed by atoms with E-state index in [0.29, 0.717) is 24.2 Å². The molecule has 3 rings (SSSR count). The molecule has 0 bridgehead atoms. The summed E-state index contributed by atoms with van der Waals surface area (Å²) in [6, 6.07) is 11.0. The number of nitrogens with one attached hydrogen (secondary N) is 2. The highest BCUT2D eigenvalue weighted by Gasteiger charge is 2.12. The van der Waals surface area contributed by atoms with Gasteiger partial charge < -0.3 is 10.6 Å². The Balaban J connectivity index is 1.50. The number of hydrogen-bond acceptors (Lipinski definition) is 4. The van der Waals surface area contributed by atoms with Crippen LogP contribution in [0.1, 0.15) is 33.2 Å². The van der Waals surface area contributed by atoms with Gasteiger partial charge in [-0.15, -0.1) is 0 Å². The van der Waals surface area contributed by atoms with Gasteiger partial charge in [0.1, 0.15) is 0 Å². The van der Waals surface area contributed by atoms with Crippen LogP contribution >= 0.6 is 0 Å². The molecule has 0 spiro atoms. The van der Waals surface area contributed by atoms with E-state index in [2.05, 4.69) is 20.6 Å². The van der Waals surface area contributed by atoms with Crippen LogP contribution in [-0.2, 0) is 0 Å². The molecule has 1 aromatic carbocycles. The van der Waals surface area contributed by atoms with Gasteiger partial charge in [-0.1, -0.05) is 19.1 Å². The molecule has 138 valence electrons. The number of rotatable bonds is 6. The SMILES string of the molecule is Cc1cnccc1C(=O)NCC(C)CNC(=O)c1ccc2cccnc2c1. The quantitative estimate of drug-likeness (QED) is 0.706. The molecule has 0 radical (unpaired) electrons. The highest BCUT2D eigenvalue weighted by Crippen LogP contribution is 2.13. The van der Waals surface area contributed by atoms with E-state index in [9.17, 15) is 9.59 Å². The molecule has 6 heteroatoms. The third-order valence-electron chi connectivity index (χ3n) is 4.36. The van der Waals surface area contributed by atoms with E-state index in [1.165, 1.54) is 0 Å². The van der Waals surface area contributed by atoms with Gasteiger partial charge in [0.25, 0.3) is 11.8 Å². The third-order valence-corrected chi connectivity index (χ3v) is 4.36. The van der Waals surface area contributed by atoms with Crippen LogP contribution in [0.15, 0.2) is 55.0 Å². The summed E-state index contributed by atoms with van der Waals surface area (Å²) in [5.74, 6) is -0.182. The molecule has 0 aliphatic carbocycles. The van der Waals surface area contributed by atoms with Gasteiger partial charge in [-0.3, -0.25) is 19.6 Å². The third kappa shape index (κ3) is 4.67. The summed E-state index contributed by atoms with van der Waals surface area (Å²) in [6.07, 6.45) is 4.97. The first-order valence-corrected chi connectivity index (χ1v) is 8.86. The van der Waals surface area contributed by atoms with E-state index in [1.54, 1.807) is 36.8 Å². The van der Waals surface area contributed by atoms with Crippen LogP contribution in [0.3, 0.4) is 0 Å². The van der Waals surface area contributed by atoms with E-state index < -0.39 is 0 Å². The number of amides is 2. The van der Waals surface area contributed by atoms with Gasteiger partial charge in [0.05, 0.1) is 5.52 Å². The minimum atomic E-state index is -0.147. The second-order valence-corrected chi connectivity index (χ2v) is 6.63. The zero-order valence-corrected chi connectivity index (χ0v) is 15.4. The Morgan fingerprint density at radius 1 is 1.04 bits per heavy atom. The fraction of sp³-hybridized carbons (Fsp3) is 0.238. The van der Waals surface area contributed by atoms with Crippen molar-refractivity contribution in [2.45, 2.75) is 13.8 Å². The van der Waals surface area contributed by atoms with Crippen LogP contribution in [0, 0.1) is 12.8 Å². The van der Waals surface area contributed by atoms with Crippen molar-refractivity contribution < 1.29 is 9.59 Å². The summed E-state index contributed by atoms with van der Waals surface area (Å²) in [7, 11) is 0. The van der Waals surface area contributed by atoms with Gasteiger partial charge in [0.15, 0.2) is 0 Å². The van der Waals surface area contributed by atoms with Gasteiger partial charge >= 0.3 is 0 Å². The summed E-state index contributed by atoms with van der Waals surface area (Å²) in [5, 5.41) is 6.81. The molecule has 1 atom stereocenters. The Morgan fingerprint density at radius 3 is 2.59 bits per heavy atom. The van der Waals surface area contributed by atoms with Crippen molar-refractivity contribution in [3.05, 3.63) is 71.7 Å². The van der Waals surface area contributed by atoms with Crippen molar-refractivity contribution in [1.82, 2.24) is 20.6 Å². The van der Waals surface area contributed by atoms with E-state index in [0.717, 1.165) is 16.5 Å². The Hall–Kier alpha value is -3.28. The molecule has 1 unspecified atom stereocenters. The number of carbonyl (C=O) groups is 2. The summed E-state index contributed by atoms with van der Waals surface area (Å²) in [4.78, 5) is 32.8. The molecule has 0 saturated heterocycles. The molecule has 2 aromatic heterocycles. The molecule has 0 fully saturated rings. The summed E-state index contributed by atoms with van der Waals surface area (Å²) < 4.78 is 0. The minimum Gasteiger partial charge on any atom is -0.352 e. The van der Waals surface area contributed by atoms with E-state index in [4.69, 9.17) is 0 Å². The van der Waals surface area contributed by atoms with Crippen LogP contribution < -0.4 is 10.6 Å². The van der Waals surface area contributed by atoms with Gasteiger partial charge in [-0.25, -0.2) is 0 Å². The zero-order chi connectivity index (χ0) is 19.2. The number of carbonyl (C=O) groups excluding carboxylic acids is 2. The smallest absolute Gasteiger partial charge is 0.251 e. The van der Waals surface area contributed by atoms with Crippen LogP contribution in [0.5, 0.6) is 0 Å². The fourth-order valence-electron chi connectivity index (χ4n) is 2.74. The summed E-state index contributed by atoms with van der Waals surface area (Å²) in [6.45, 7) is 4.76. The second-order valence-electron chi connectivity index (χ2n) is 6.63. The maximum atomic E-state index is 12.4. The number of fused-ring (bicyclic) bond motifs is 1. The first-order chi connectivity index (χ1) is 13.0. The van der Waals surface area contributed by atoms with Crippen LogP contribution in [0.4, 0.5) is 0 Å². The lowest BCUT2D eigenvalue weighted by atomic mass is 10.1. The minimum absolute atomic E-state index is 0.0959. The van der Waals surface area contributed by atoms with Crippen molar-refractivity contribution in [2.24, 2.45) is 5.92 Å². The standard InChI is InChI=1S/C21H22N4O2/c1-14(12-25-21(27)18-7-9-22-13-15(18)2)11-24-20(26)17-6-5-16-4-3-8-23-19(16)10-17/h3-10,13-14H,11-12H2,1-2H3,(H,24,26)(H,25,27). The first kappa shape index (κ1) is 18.5. The lowest BCUT2D eigenvalue weighted by molar-refractivity contribution is 0.0941. The summed E-state index contributed by atoms with van der Waals surface area (Å²) >= 11 is 0. The maximum absolute atomic E-state index is 12.4. The molecule has 27 heavy (non-hydrogen) atoms. The van der Waals surface area contributed by atoms with Crippen molar-refractivity contribution >= 4 is 22.7 Å².